The summed E-state index contributed by atoms with van der Waals surface area (Å²) in [6.07, 6.45) is 4.37. The van der Waals surface area contributed by atoms with E-state index < -0.39 is 5.97 Å². The number of hydrogen-bond donors (Lipinski definition) is 1. The lowest BCUT2D eigenvalue weighted by Crippen LogP contribution is -2.32. The maximum atomic E-state index is 12.0. The van der Waals surface area contributed by atoms with Crippen LogP contribution in [0.5, 0.6) is 11.6 Å². The molecule has 32 heavy (non-hydrogen) atoms. The second-order valence-electron chi connectivity index (χ2n) is 6.89. The van der Waals surface area contributed by atoms with Crippen LogP contribution in [0.2, 0.25) is 0 Å². The third-order valence-corrected chi connectivity index (χ3v) is 4.36. The normalized spacial score (nSPS) is 10.6. The van der Waals surface area contributed by atoms with Crippen LogP contribution >= 0.6 is 0 Å². The van der Waals surface area contributed by atoms with Crippen molar-refractivity contribution in [3.63, 3.8) is 0 Å². The van der Waals surface area contributed by atoms with Crippen LogP contribution in [0.3, 0.4) is 0 Å². The van der Waals surface area contributed by atoms with Crippen LogP contribution < -0.4 is 15.0 Å². The van der Waals surface area contributed by atoms with Crippen molar-refractivity contribution < 1.29 is 23.5 Å². The van der Waals surface area contributed by atoms with Crippen molar-refractivity contribution in [2.24, 2.45) is 0 Å². The largest absolute Gasteiger partial charge is 0.461 e. The van der Waals surface area contributed by atoms with Crippen LogP contribution in [0.4, 0.5) is 5.82 Å². The Morgan fingerprint density at radius 3 is 2.69 bits per heavy atom. The number of carbonyl (C=O) groups excluding carboxylic acids is 2. The molecule has 3 aromatic rings. The van der Waals surface area contributed by atoms with Crippen LogP contribution in [-0.4, -0.2) is 60.0 Å². The van der Waals surface area contributed by atoms with Crippen LogP contribution in [-0.2, 0) is 9.53 Å². The number of nitrogens with zero attached hydrogens (tertiary/aromatic N) is 4. The molecule has 0 aliphatic rings. The van der Waals surface area contributed by atoms with Gasteiger partial charge in [-0.3, -0.25) is 9.78 Å². The third-order valence-electron chi connectivity index (χ3n) is 4.36. The standard InChI is InChI=1S/C22H25N5O5/c1-4-30-22(29)20-21(31-14-25-20)16-5-7-17(8-6-16)32-19-13-24-12-18(26-19)27(3)10-9-23-11-15(2)28/h5-8,12-14,23H,4,9-11H2,1-3H3. The number of esters is 1. The highest BCUT2D eigenvalue weighted by molar-refractivity contribution is 5.93. The van der Waals surface area contributed by atoms with E-state index in [1.54, 1.807) is 44.3 Å². The lowest BCUT2D eigenvalue weighted by molar-refractivity contribution is -0.116. The van der Waals surface area contributed by atoms with E-state index in [0.717, 1.165) is 0 Å². The molecule has 0 aliphatic heterocycles. The molecule has 2 heterocycles. The number of hydrogen-bond acceptors (Lipinski definition) is 10. The molecule has 0 unspecified atom stereocenters. The average Bonchev–Trinajstić information content (AvgIpc) is 3.27. The average molecular weight is 439 g/mol. The Balaban J connectivity index is 1.64. The van der Waals surface area contributed by atoms with Crippen molar-refractivity contribution in [2.45, 2.75) is 13.8 Å². The summed E-state index contributed by atoms with van der Waals surface area (Å²) in [5, 5.41) is 3.06. The Morgan fingerprint density at radius 2 is 1.97 bits per heavy atom. The van der Waals surface area contributed by atoms with E-state index in [1.165, 1.54) is 12.6 Å². The number of ether oxygens (including phenoxy) is 2. The van der Waals surface area contributed by atoms with Crippen LogP contribution in [0.25, 0.3) is 11.3 Å². The fourth-order valence-corrected chi connectivity index (χ4v) is 2.79. The predicted molar refractivity (Wildman–Crippen MR) is 117 cm³/mol. The highest BCUT2D eigenvalue weighted by atomic mass is 16.5. The van der Waals surface area contributed by atoms with Gasteiger partial charge in [-0.25, -0.2) is 9.78 Å². The Kier molecular flexibility index (Phi) is 7.87. The van der Waals surface area contributed by atoms with Gasteiger partial charge in [0.05, 0.1) is 25.5 Å². The fraction of sp³-hybridized carbons (Fsp3) is 0.318. The summed E-state index contributed by atoms with van der Waals surface area (Å²) in [4.78, 5) is 37.5. The van der Waals surface area contributed by atoms with Gasteiger partial charge in [-0.15, -0.1) is 0 Å². The first-order valence-electron chi connectivity index (χ1n) is 10.1. The minimum Gasteiger partial charge on any atom is -0.461 e. The molecule has 3 rings (SSSR count). The minimum absolute atomic E-state index is 0.0919. The van der Waals surface area contributed by atoms with Gasteiger partial charge in [-0.2, -0.15) is 4.98 Å². The summed E-state index contributed by atoms with van der Waals surface area (Å²) in [5.74, 6) is 1.41. The molecule has 0 spiro atoms. The molecule has 1 N–H and O–H groups in total. The molecule has 2 aromatic heterocycles. The lowest BCUT2D eigenvalue weighted by Gasteiger charge is -2.18. The first kappa shape index (κ1) is 22.9. The zero-order valence-electron chi connectivity index (χ0n) is 18.2. The Labute approximate surface area is 185 Å². The number of carbonyl (C=O) groups is 2. The number of oxazole rings is 1. The SMILES string of the molecule is CCOC(=O)c1ncoc1-c1ccc(Oc2cncc(N(C)CCNCC(C)=O)n2)cc1. The summed E-state index contributed by atoms with van der Waals surface area (Å²) in [7, 11) is 1.89. The van der Waals surface area contributed by atoms with Crippen LogP contribution in [0.15, 0.2) is 47.5 Å². The number of Topliss-reactive ketones (excluding diaryl/α,β-unsaturated/α-hetero) is 1. The Morgan fingerprint density at radius 1 is 1.19 bits per heavy atom. The summed E-state index contributed by atoms with van der Waals surface area (Å²) < 4.78 is 16.2. The van der Waals surface area contributed by atoms with Gasteiger partial charge < -0.3 is 24.1 Å². The summed E-state index contributed by atoms with van der Waals surface area (Å²) >= 11 is 0. The van der Waals surface area contributed by atoms with E-state index in [-0.39, 0.29) is 18.1 Å². The van der Waals surface area contributed by atoms with Gasteiger partial charge in [-0.05, 0) is 38.1 Å². The van der Waals surface area contributed by atoms with E-state index in [4.69, 9.17) is 13.9 Å². The van der Waals surface area contributed by atoms with Crippen molar-refractivity contribution in [3.05, 3.63) is 48.7 Å². The smallest absolute Gasteiger partial charge is 0.360 e. The molecule has 0 fully saturated rings. The molecule has 0 atom stereocenters. The van der Waals surface area contributed by atoms with Gasteiger partial charge in [0.2, 0.25) is 5.88 Å². The fourth-order valence-electron chi connectivity index (χ4n) is 2.79. The monoisotopic (exact) mass is 439 g/mol. The van der Waals surface area contributed by atoms with Crippen molar-refractivity contribution in [2.75, 3.05) is 38.2 Å². The summed E-state index contributed by atoms with van der Waals surface area (Å²) in [6.45, 7) is 5.15. The first-order chi connectivity index (χ1) is 15.5. The maximum Gasteiger partial charge on any atom is 0.360 e. The van der Waals surface area contributed by atoms with Gasteiger partial charge in [0, 0.05) is 25.7 Å². The topological polar surface area (TPSA) is 120 Å². The highest BCUT2D eigenvalue weighted by Crippen LogP contribution is 2.27. The Hall–Kier alpha value is -3.79. The third kappa shape index (κ3) is 6.11. The molecule has 0 radical (unpaired) electrons. The zero-order valence-corrected chi connectivity index (χ0v) is 18.2. The first-order valence-corrected chi connectivity index (χ1v) is 10.1. The molecule has 0 aliphatic carbocycles. The molecule has 0 bridgehead atoms. The number of nitrogens with one attached hydrogen (secondary N) is 1. The van der Waals surface area contributed by atoms with E-state index in [9.17, 15) is 9.59 Å². The van der Waals surface area contributed by atoms with Crippen molar-refractivity contribution >= 4 is 17.6 Å². The van der Waals surface area contributed by atoms with Gasteiger partial charge in [0.15, 0.2) is 23.7 Å². The molecular formula is C22H25N5O5. The molecule has 10 nitrogen and oxygen atoms in total. The van der Waals surface area contributed by atoms with Crippen LogP contribution in [0, 0.1) is 0 Å². The van der Waals surface area contributed by atoms with E-state index in [2.05, 4.69) is 20.3 Å². The number of ketones is 1. The molecule has 0 saturated carbocycles. The van der Waals surface area contributed by atoms with Crippen LogP contribution in [0.1, 0.15) is 24.3 Å². The second kappa shape index (κ2) is 11.0. The Bertz CT molecular complexity index is 1050. The van der Waals surface area contributed by atoms with Gasteiger partial charge in [-0.1, -0.05) is 0 Å². The van der Waals surface area contributed by atoms with Gasteiger partial charge in [0.25, 0.3) is 0 Å². The van der Waals surface area contributed by atoms with E-state index in [1.807, 2.05) is 11.9 Å². The molecular weight excluding hydrogens is 414 g/mol. The molecule has 10 heteroatoms. The second-order valence-corrected chi connectivity index (χ2v) is 6.89. The lowest BCUT2D eigenvalue weighted by atomic mass is 10.1. The number of aromatic nitrogens is 3. The highest BCUT2D eigenvalue weighted by Gasteiger charge is 2.19. The predicted octanol–water partition coefficient (Wildman–Crippen LogP) is 2.72. The van der Waals surface area contributed by atoms with Crippen molar-refractivity contribution in [1.29, 1.82) is 0 Å². The molecule has 0 amide bonds. The van der Waals surface area contributed by atoms with Gasteiger partial charge >= 0.3 is 5.97 Å². The zero-order chi connectivity index (χ0) is 22.9. The van der Waals surface area contributed by atoms with Gasteiger partial charge in [0.1, 0.15) is 11.5 Å². The number of anilines is 1. The van der Waals surface area contributed by atoms with E-state index >= 15 is 0 Å². The quantitative estimate of drug-likeness (QED) is 0.353. The van der Waals surface area contributed by atoms with Crippen molar-refractivity contribution in [1.82, 2.24) is 20.3 Å². The number of benzene rings is 1. The summed E-state index contributed by atoms with van der Waals surface area (Å²) in [5.41, 5.74) is 0.787. The minimum atomic E-state index is -0.538. The summed E-state index contributed by atoms with van der Waals surface area (Å²) in [6, 6.07) is 6.97. The molecule has 0 saturated heterocycles. The van der Waals surface area contributed by atoms with Crippen molar-refractivity contribution in [3.8, 4) is 23.0 Å². The van der Waals surface area contributed by atoms with E-state index in [0.29, 0.717) is 48.4 Å². The number of rotatable bonds is 11. The number of likely N-dealkylation sites (N-methyl/N-ethyl adjacent to an activating group) is 1. The molecule has 1 aromatic carbocycles. The molecule has 168 valence electrons. The maximum absolute atomic E-state index is 12.0.